The molecule has 1 N–H and O–H groups in total. The number of methoxy groups -OCH3 is 2. The highest BCUT2D eigenvalue weighted by atomic mass is 16.5. The lowest BCUT2D eigenvalue weighted by atomic mass is 9.99. The summed E-state index contributed by atoms with van der Waals surface area (Å²) in [4.78, 5) is 28.8. The van der Waals surface area contributed by atoms with E-state index >= 15 is 0 Å². The number of nitrogens with one attached hydrogen (secondary N) is 1. The van der Waals surface area contributed by atoms with Gasteiger partial charge in [-0.2, -0.15) is 9.78 Å². The third kappa shape index (κ3) is 5.22. The molecule has 34 heavy (non-hydrogen) atoms. The van der Waals surface area contributed by atoms with E-state index in [1.165, 1.54) is 17.5 Å². The van der Waals surface area contributed by atoms with Crippen molar-refractivity contribution in [3.63, 3.8) is 0 Å². The Labute approximate surface area is 199 Å². The van der Waals surface area contributed by atoms with Crippen LogP contribution in [0.2, 0.25) is 0 Å². The molecule has 180 valence electrons. The summed E-state index contributed by atoms with van der Waals surface area (Å²) in [6.45, 7) is 6.06. The fourth-order valence-electron chi connectivity index (χ4n) is 4.32. The maximum atomic E-state index is 13.2. The zero-order chi connectivity index (χ0) is 24.1. The Hall–Kier alpha value is -3.39. The molecule has 8 nitrogen and oxygen atoms in total. The molecule has 0 radical (unpaired) electrons. The van der Waals surface area contributed by atoms with Crippen molar-refractivity contribution in [3.05, 3.63) is 58.5 Å². The molecule has 0 bridgehead atoms. The molecule has 1 aliphatic heterocycles. The van der Waals surface area contributed by atoms with Gasteiger partial charge in [-0.15, -0.1) is 0 Å². The van der Waals surface area contributed by atoms with E-state index in [1.807, 2.05) is 0 Å². The largest absolute Gasteiger partial charge is 0.497 e. The first-order chi connectivity index (χ1) is 16.5. The summed E-state index contributed by atoms with van der Waals surface area (Å²) >= 11 is 0. The van der Waals surface area contributed by atoms with Crippen LogP contribution in [0, 0.1) is 5.92 Å². The number of likely N-dealkylation sites (tertiary alicyclic amines) is 1. The predicted molar refractivity (Wildman–Crippen MR) is 132 cm³/mol. The number of hydrogen-bond donors (Lipinski definition) is 1. The lowest BCUT2D eigenvalue weighted by Gasteiger charge is -2.30. The standard InChI is InChI=1S/C26H32N4O4/c1-18-9-13-29(14-10-18)12-6-11-27-25(31)24-22-7-4-5-8-23(22)26(32)30(28-24)19-15-20(33-2)17-21(16-19)34-3/h4-5,7-8,15-18H,6,9-14H2,1-3H3,(H,27,31). The first-order valence-electron chi connectivity index (χ1n) is 11.8. The minimum Gasteiger partial charge on any atom is -0.497 e. The van der Waals surface area contributed by atoms with Crippen LogP contribution >= 0.6 is 0 Å². The normalized spacial score (nSPS) is 14.8. The second kappa shape index (κ2) is 10.7. The van der Waals surface area contributed by atoms with Crippen molar-refractivity contribution in [2.45, 2.75) is 26.2 Å². The molecule has 0 saturated carbocycles. The average molecular weight is 465 g/mol. The molecule has 8 heteroatoms. The van der Waals surface area contributed by atoms with Crippen LogP contribution in [0.5, 0.6) is 11.5 Å². The lowest BCUT2D eigenvalue weighted by molar-refractivity contribution is 0.0946. The van der Waals surface area contributed by atoms with Gasteiger partial charge in [-0.1, -0.05) is 25.1 Å². The second-order valence-corrected chi connectivity index (χ2v) is 8.82. The monoisotopic (exact) mass is 464 g/mol. The van der Waals surface area contributed by atoms with E-state index in [4.69, 9.17) is 9.47 Å². The lowest BCUT2D eigenvalue weighted by Crippen LogP contribution is -2.36. The van der Waals surface area contributed by atoms with Gasteiger partial charge in [0.25, 0.3) is 11.5 Å². The third-order valence-electron chi connectivity index (χ3n) is 6.41. The van der Waals surface area contributed by atoms with Gasteiger partial charge in [-0.25, -0.2) is 0 Å². The van der Waals surface area contributed by atoms with Crippen molar-refractivity contribution in [1.82, 2.24) is 20.0 Å². The third-order valence-corrected chi connectivity index (χ3v) is 6.41. The quantitative estimate of drug-likeness (QED) is 0.515. The van der Waals surface area contributed by atoms with E-state index in [1.54, 1.807) is 56.7 Å². The Kier molecular flexibility index (Phi) is 7.47. The molecule has 2 aromatic carbocycles. The van der Waals surface area contributed by atoms with E-state index < -0.39 is 0 Å². The second-order valence-electron chi connectivity index (χ2n) is 8.82. The Morgan fingerprint density at radius 3 is 2.35 bits per heavy atom. The van der Waals surface area contributed by atoms with Crippen LogP contribution in [0.1, 0.15) is 36.7 Å². The van der Waals surface area contributed by atoms with Gasteiger partial charge in [-0.05, 0) is 50.9 Å². The molecule has 4 rings (SSSR count). The van der Waals surface area contributed by atoms with Gasteiger partial charge in [0, 0.05) is 30.1 Å². The number of aromatic nitrogens is 2. The molecule has 3 aromatic rings. The van der Waals surface area contributed by atoms with E-state index in [2.05, 4.69) is 22.2 Å². The molecule has 0 unspecified atom stereocenters. The Morgan fingerprint density at radius 1 is 1.06 bits per heavy atom. The Bertz CT molecular complexity index is 1190. The Balaban J connectivity index is 1.58. The fraction of sp³-hybridized carbons (Fsp3) is 0.423. The van der Waals surface area contributed by atoms with Crippen LogP contribution in [0.25, 0.3) is 16.5 Å². The number of nitrogens with zero attached hydrogens (tertiary/aromatic N) is 3. The van der Waals surface area contributed by atoms with Gasteiger partial charge in [0.2, 0.25) is 0 Å². The molecule has 0 spiro atoms. The first-order valence-corrected chi connectivity index (χ1v) is 11.8. The van der Waals surface area contributed by atoms with E-state index in [0.29, 0.717) is 34.5 Å². The number of fused-ring (bicyclic) bond motifs is 1. The highest BCUT2D eigenvalue weighted by Crippen LogP contribution is 2.25. The summed E-state index contributed by atoms with van der Waals surface area (Å²) in [6.07, 6.45) is 3.34. The molecule has 0 aliphatic carbocycles. The van der Waals surface area contributed by atoms with Crippen LogP contribution in [0.4, 0.5) is 0 Å². The molecule has 1 aliphatic rings. The molecule has 0 atom stereocenters. The van der Waals surface area contributed by atoms with Crippen molar-refractivity contribution < 1.29 is 14.3 Å². The van der Waals surface area contributed by atoms with Crippen LogP contribution in [-0.2, 0) is 0 Å². The summed E-state index contributed by atoms with van der Waals surface area (Å²) in [6, 6.07) is 12.1. The number of rotatable bonds is 8. The summed E-state index contributed by atoms with van der Waals surface area (Å²) in [5.74, 6) is 1.55. The number of carbonyl (C=O) groups excluding carboxylic acids is 1. The summed E-state index contributed by atoms with van der Waals surface area (Å²) in [5, 5.41) is 8.41. The zero-order valence-electron chi connectivity index (χ0n) is 20.0. The number of carbonyl (C=O) groups is 1. The first kappa shape index (κ1) is 23.8. The van der Waals surface area contributed by atoms with E-state index in [0.717, 1.165) is 32.0 Å². The average Bonchev–Trinajstić information content (AvgIpc) is 2.87. The van der Waals surface area contributed by atoms with Gasteiger partial charge < -0.3 is 19.7 Å². The minimum atomic E-state index is -0.318. The van der Waals surface area contributed by atoms with Gasteiger partial charge >= 0.3 is 0 Å². The van der Waals surface area contributed by atoms with Gasteiger partial charge in [-0.3, -0.25) is 9.59 Å². The number of hydrogen-bond acceptors (Lipinski definition) is 6. The minimum absolute atomic E-state index is 0.212. The van der Waals surface area contributed by atoms with Crippen molar-refractivity contribution >= 4 is 16.7 Å². The maximum Gasteiger partial charge on any atom is 0.279 e. The van der Waals surface area contributed by atoms with Crippen molar-refractivity contribution in [3.8, 4) is 17.2 Å². The SMILES string of the molecule is COc1cc(OC)cc(-n2nc(C(=O)NCCCN3CCC(C)CC3)c3ccccc3c2=O)c1. The van der Waals surface area contributed by atoms with Crippen LogP contribution in [0.3, 0.4) is 0 Å². The van der Waals surface area contributed by atoms with E-state index in [9.17, 15) is 9.59 Å². The summed E-state index contributed by atoms with van der Waals surface area (Å²) < 4.78 is 11.9. The Morgan fingerprint density at radius 2 is 1.71 bits per heavy atom. The molecule has 1 aromatic heterocycles. The maximum absolute atomic E-state index is 13.2. The smallest absolute Gasteiger partial charge is 0.279 e. The van der Waals surface area contributed by atoms with Crippen molar-refractivity contribution in [1.29, 1.82) is 0 Å². The number of amides is 1. The van der Waals surface area contributed by atoms with Crippen molar-refractivity contribution in [2.24, 2.45) is 5.92 Å². The highest BCUT2D eigenvalue weighted by Gasteiger charge is 2.19. The molecule has 1 fully saturated rings. The van der Waals surface area contributed by atoms with Gasteiger partial charge in [0.05, 0.1) is 25.3 Å². The number of piperidine rings is 1. The van der Waals surface area contributed by atoms with E-state index in [-0.39, 0.29) is 17.2 Å². The number of ether oxygens (including phenoxy) is 2. The topological polar surface area (TPSA) is 85.7 Å². The summed E-state index contributed by atoms with van der Waals surface area (Å²) in [5.41, 5.74) is 0.353. The molecule has 1 amide bonds. The molecule has 2 heterocycles. The molecular formula is C26H32N4O4. The summed E-state index contributed by atoms with van der Waals surface area (Å²) in [7, 11) is 3.08. The molecular weight excluding hydrogens is 432 g/mol. The van der Waals surface area contributed by atoms with Crippen LogP contribution in [0.15, 0.2) is 47.3 Å². The van der Waals surface area contributed by atoms with Gasteiger partial charge in [0.15, 0.2) is 5.69 Å². The molecule has 1 saturated heterocycles. The van der Waals surface area contributed by atoms with Gasteiger partial charge in [0.1, 0.15) is 11.5 Å². The van der Waals surface area contributed by atoms with Crippen molar-refractivity contribution in [2.75, 3.05) is 40.4 Å². The number of benzene rings is 2. The van der Waals surface area contributed by atoms with Crippen LogP contribution < -0.4 is 20.3 Å². The predicted octanol–water partition coefficient (Wildman–Crippen LogP) is 3.25. The zero-order valence-corrected chi connectivity index (χ0v) is 20.0. The highest BCUT2D eigenvalue weighted by molar-refractivity contribution is 6.04. The fourth-order valence-corrected chi connectivity index (χ4v) is 4.32. The van der Waals surface area contributed by atoms with Crippen LogP contribution in [-0.4, -0.2) is 61.0 Å².